The van der Waals surface area contributed by atoms with Crippen molar-refractivity contribution >= 4 is 10.1 Å². The summed E-state index contributed by atoms with van der Waals surface area (Å²) in [6.07, 6.45) is -4.90. The van der Waals surface area contributed by atoms with Crippen LogP contribution in [-0.2, 0) is 14.4 Å². The molecule has 146 valence electrons. The number of hydroxylamine groups is 2. The first kappa shape index (κ1) is 19.6. The minimum absolute atomic E-state index is 0.00335. The van der Waals surface area contributed by atoms with Crippen LogP contribution in [0.5, 0.6) is 5.75 Å². The SMILES string of the molecule is Cc1ccc(S(=O)(=O)ON2CC(c3ccc(OC(F)(F)F)cc3F)C2)cc1. The highest BCUT2D eigenvalue weighted by atomic mass is 32.2. The number of nitrogens with zero attached hydrogens (tertiary/aromatic N) is 1. The average molecular weight is 405 g/mol. The minimum atomic E-state index is -4.90. The van der Waals surface area contributed by atoms with Gasteiger partial charge in [0.2, 0.25) is 0 Å². The Labute approximate surface area is 153 Å². The molecule has 1 heterocycles. The lowest BCUT2D eigenvalue weighted by Gasteiger charge is -2.37. The van der Waals surface area contributed by atoms with Gasteiger partial charge in [0.15, 0.2) is 0 Å². The Kier molecular flexibility index (Phi) is 5.15. The molecule has 0 amide bonds. The van der Waals surface area contributed by atoms with Crippen molar-refractivity contribution in [2.24, 2.45) is 0 Å². The van der Waals surface area contributed by atoms with Gasteiger partial charge in [0.05, 0.1) is 4.90 Å². The van der Waals surface area contributed by atoms with Crippen molar-refractivity contribution in [3.05, 3.63) is 59.4 Å². The van der Waals surface area contributed by atoms with E-state index in [2.05, 4.69) is 4.74 Å². The van der Waals surface area contributed by atoms with Crippen LogP contribution in [-0.4, -0.2) is 32.9 Å². The van der Waals surface area contributed by atoms with Crippen molar-refractivity contribution in [2.75, 3.05) is 13.1 Å². The molecule has 2 aromatic rings. The number of rotatable bonds is 5. The lowest BCUT2D eigenvalue weighted by Crippen LogP contribution is -2.46. The molecule has 1 saturated heterocycles. The summed E-state index contributed by atoms with van der Waals surface area (Å²) in [7, 11) is -3.99. The maximum atomic E-state index is 14.0. The molecule has 0 bridgehead atoms. The fraction of sp³-hybridized carbons (Fsp3) is 0.294. The molecule has 0 spiro atoms. The Morgan fingerprint density at radius 3 is 2.26 bits per heavy atom. The van der Waals surface area contributed by atoms with E-state index in [9.17, 15) is 26.0 Å². The number of halogens is 4. The number of hydrogen-bond acceptors (Lipinski definition) is 5. The van der Waals surface area contributed by atoms with Gasteiger partial charge in [0.25, 0.3) is 0 Å². The Morgan fingerprint density at radius 1 is 1.07 bits per heavy atom. The second-order valence-electron chi connectivity index (χ2n) is 6.12. The molecule has 0 saturated carbocycles. The van der Waals surface area contributed by atoms with E-state index in [1.807, 2.05) is 6.92 Å². The van der Waals surface area contributed by atoms with E-state index in [4.69, 9.17) is 4.28 Å². The molecule has 0 radical (unpaired) electrons. The van der Waals surface area contributed by atoms with E-state index >= 15 is 0 Å². The summed E-state index contributed by atoms with van der Waals surface area (Å²) in [6.45, 7) is 1.99. The van der Waals surface area contributed by atoms with Crippen LogP contribution >= 0.6 is 0 Å². The molecule has 1 aliphatic heterocycles. The maximum absolute atomic E-state index is 14.0. The third kappa shape index (κ3) is 4.76. The van der Waals surface area contributed by atoms with Crippen LogP contribution in [0, 0.1) is 12.7 Å². The maximum Gasteiger partial charge on any atom is 0.573 e. The largest absolute Gasteiger partial charge is 0.573 e. The molecule has 27 heavy (non-hydrogen) atoms. The smallest absolute Gasteiger partial charge is 0.406 e. The van der Waals surface area contributed by atoms with Crippen molar-refractivity contribution in [3.63, 3.8) is 0 Å². The molecule has 0 N–H and O–H groups in total. The highest BCUT2D eigenvalue weighted by Gasteiger charge is 2.35. The van der Waals surface area contributed by atoms with Gasteiger partial charge in [0.1, 0.15) is 11.6 Å². The Balaban J connectivity index is 1.61. The number of alkyl halides is 3. The third-order valence-corrected chi connectivity index (χ3v) is 5.26. The van der Waals surface area contributed by atoms with Gasteiger partial charge in [0, 0.05) is 25.1 Å². The van der Waals surface area contributed by atoms with Crippen molar-refractivity contribution in [3.8, 4) is 5.75 Å². The van der Waals surface area contributed by atoms with Gasteiger partial charge in [-0.25, -0.2) is 4.39 Å². The summed E-state index contributed by atoms with van der Waals surface area (Å²) in [5.74, 6) is -1.92. The zero-order chi connectivity index (χ0) is 19.8. The normalized spacial score (nSPS) is 16.2. The van der Waals surface area contributed by atoms with E-state index in [0.29, 0.717) is 6.07 Å². The quantitative estimate of drug-likeness (QED) is 0.710. The summed E-state index contributed by atoms with van der Waals surface area (Å²) in [5, 5.41) is 1.15. The Bertz CT molecular complexity index is 923. The van der Waals surface area contributed by atoms with Gasteiger partial charge in [-0.2, -0.15) is 17.8 Å². The topological polar surface area (TPSA) is 55.8 Å². The molecule has 0 aliphatic carbocycles. The van der Waals surface area contributed by atoms with Crippen LogP contribution < -0.4 is 4.74 Å². The highest BCUT2D eigenvalue weighted by molar-refractivity contribution is 7.86. The highest BCUT2D eigenvalue weighted by Crippen LogP contribution is 2.33. The first-order chi connectivity index (χ1) is 12.5. The van der Waals surface area contributed by atoms with E-state index in [1.165, 1.54) is 18.2 Å². The molecule has 10 heteroatoms. The first-order valence-electron chi connectivity index (χ1n) is 7.85. The van der Waals surface area contributed by atoms with Crippen LogP contribution in [0.3, 0.4) is 0 Å². The van der Waals surface area contributed by atoms with Crippen LogP contribution in [0.25, 0.3) is 0 Å². The Hall–Kier alpha value is -2.17. The first-order valence-corrected chi connectivity index (χ1v) is 9.26. The number of aryl methyl sites for hydroxylation is 1. The summed E-state index contributed by atoms with van der Waals surface area (Å²) in [4.78, 5) is -0.00335. The fourth-order valence-electron chi connectivity index (χ4n) is 2.62. The number of ether oxygens (including phenoxy) is 1. The molecule has 5 nitrogen and oxygen atoms in total. The van der Waals surface area contributed by atoms with E-state index in [0.717, 1.165) is 16.7 Å². The van der Waals surface area contributed by atoms with Gasteiger partial charge in [-0.1, -0.05) is 23.8 Å². The molecular formula is C17H15F4NO4S. The van der Waals surface area contributed by atoms with Gasteiger partial charge < -0.3 is 4.74 Å². The minimum Gasteiger partial charge on any atom is -0.406 e. The summed E-state index contributed by atoms with van der Waals surface area (Å²) in [6, 6.07) is 8.95. The summed E-state index contributed by atoms with van der Waals surface area (Å²) < 4.78 is 83.5. The zero-order valence-electron chi connectivity index (χ0n) is 14.0. The van der Waals surface area contributed by atoms with Crippen LogP contribution in [0.1, 0.15) is 17.0 Å². The molecule has 1 fully saturated rings. The summed E-state index contributed by atoms with van der Waals surface area (Å²) in [5.41, 5.74) is 1.06. The second-order valence-corrected chi connectivity index (χ2v) is 7.65. The van der Waals surface area contributed by atoms with E-state index < -0.39 is 34.0 Å². The molecule has 0 aromatic heterocycles. The molecule has 0 atom stereocenters. The van der Waals surface area contributed by atoms with E-state index in [1.54, 1.807) is 12.1 Å². The van der Waals surface area contributed by atoms with Crippen molar-refractivity contribution < 1.29 is 35.0 Å². The number of benzene rings is 2. The molecule has 3 rings (SSSR count). The van der Waals surface area contributed by atoms with Gasteiger partial charge in [-0.15, -0.1) is 13.2 Å². The molecular weight excluding hydrogens is 390 g/mol. The van der Waals surface area contributed by atoms with E-state index in [-0.39, 0.29) is 23.5 Å². The predicted molar refractivity (Wildman–Crippen MR) is 86.8 cm³/mol. The second kappa shape index (κ2) is 7.10. The standard InChI is InChI=1S/C17H15F4NO4S/c1-11-2-5-14(6-3-11)27(23,24)26-22-9-12(10-22)15-7-4-13(8-16(15)18)25-17(19,20)21/h2-8,12H,9-10H2,1H3. The van der Waals surface area contributed by atoms with Gasteiger partial charge >= 0.3 is 16.5 Å². The van der Waals surface area contributed by atoms with Crippen LogP contribution in [0.4, 0.5) is 17.6 Å². The van der Waals surface area contributed by atoms with Crippen molar-refractivity contribution in [2.45, 2.75) is 24.1 Å². The number of hydrogen-bond donors (Lipinski definition) is 0. The monoisotopic (exact) mass is 405 g/mol. The molecule has 1 aliphatic rings. The Morgan fingerprint density at radius 2 is 1.70 bits per heavy atom. The van der Waals surface area contributed by atoms with Crippen LogP contribution in [0.2, 0.25) is 0 Å². The lowest BCUT2D eigenvalue weighted by atomic mass is 9.93. The van der Waals surface area contributed by atoms with Gasteiger partial charge in [-0.05, 0) is 30.7 Å². The molecule has 2 aromatic carbocycles. The average Bonchev–Trinajstić information content (AvgIpc) is 2.50. The van der Waals surface area contributed by atoms with Crippen molar-refractivity contribution in [1.29, 1.82) is 0 Å². The van der Waals surface area contributed by atoms with Crippen LogP contribution in [0.15, 0.2) is 47.4 Å². The summed E-state index contributed by atoms with van der Waals surface area (Å²) >= 11 is 0. The third-order valence-electron chi connectivity index (χ3n) is 4.01. The molecule has 0 unspecified atom stereocenters. The van der Waals surface area contributed by atoms with Crippen molar-refractivity contribution in [1.82, 2.24) is 5.06 Å². The van der Waals surface area contributed by atoms with Gasteiger partial charge in [-0.3, -0.25) is 0 Å². The predicted octanol–water partition coefficient (Wildman–Crippen LogP) is 3.75. The lowest BCUT2D eigenvalue weighted by molar-refractivity contribution is -0.274. The zero-order valence-corrected chi connectivity index (χ0v) is 14.8. The fourth-order valence-corrected chi connectivity index (χ4v) is 3.57.